The molecule has 0 aromatic rings. The minimum atomic E-state index is -1.49. The van der Waals surface area contributed by atoms with E-state index in [1.807, 2.05) is 0 Å². The summed E-state index contributed by atoms with van der Waals surface area (Å²) in [6, 6.07) is 0. The van der Waals surface area contributed by atoms with Crippen LogP contribution in [-0.4, -0.2) is 52.1 Å². The lowest BCUT2D eigenvalue weighted by Gasteiger charge is -2.23. The first-order valence-corrected chi connectivity index (χ1v) is 3.25. The number of aliphatic hydroxyl groups is 4. The summed E-state index contributed by atoms with van der Waals surface area (Å²) in [6.45, 7) is 1.30. The average molecular weight is 166 g/mol. The Morgan fingerprint density at radius 3 is 1.73 bits per heavy atom. The first-order valence-electron chi connectivity index (χ1n) is 3.25. The lowest BCUT2D eigenvalue weighted by molar-refractivity contribution is -0.188. The number of methoxy groups -OCH3 is 1. The van der Waals surface area contributed by atoms with Gasteiger partial charge in [-0.25, -0.2) is 0 Å². The molecule has 0 aromatic carbocycles. The van der Waals surface area contributed by atoms with Crippen molar-refractivity contribution in [3.8, 4) is 0 Å². The molecule has 11 heavy (non-hydrogen) atoms. The Morgan fingerprint density at radius 1 is 1.00 bits per heavy atom. The van der Waals surface area contributed by atoms with Crippen molar-refractivity contribution in [1.29, 1.82) is 0 Å². The van der Waals surface area contributed by atoms with E-state index in [1.54, 1.807) is 0 Å². The highest BCUT2D eigenvalue weighted by molar-refractivity contribution is 4.73. The van der Waals surface area contributed by atoms with Crippen LogP contribution in [0.2, 0.25) is 0 Å². The summed E-state index contributed by atoms with van der Waals surface area (Å²) in [6.07, 6.45) is -5.46. The average Bonchev–Trinajstić information content (AvgIpc) is 2.00. The molecule has 0 radical (unpaired) electrons. The Morgan fingerprint density at radius 2 is 1.45 bits per heavy atom. The van der Waals surface area contributed by atoms with Crippen LogP contribution >= 0.6 is 0 Å². The molecule has 0 heterocycles. The van der Waals surface area contributed by atoms with Gasteiger partial charge in [0.1, 0.15) is 12.2 Å². The van der Waals surface area contributed by atoms with Gasteiger partial charge in [0.15, 0.2) is 6.29 Å². The van der Waals surface area contributed by atoms with Crippen molar-refractivity contribution in [2.24, 2.45) is 0 Å². The second-order valence-corrected chi connectivity index (χ2v) is 2.35. The molecule has 0 rings (SSSR count). The molecule has 0 saturated heterocycles. The van der Waals surface area contributed by atoms with Crippen molar-refractivity contribution < 1.29 is 25.2 Å². The molecule has 0 aromatic heterocycles. The van der Waals surface area contributed by atoms with Crippen LogP contribution in [0.25, 0.3) is 0 Å². The van der Waals surface area contributed by atoms with Crippen LogP contribution < -0.4 is 0 Å². The molecule has 2 unspecified atom stereocenters. The molecular formula is C6H14O5. The molecule has 5 heteroatoms. The lowest BCUT2D eigenvalue weighted by Crippen LogP contribution is -2.44. The lowest BCUT2D eigenvalue weighted by atomic mass is 10.1. The van der Waals surface area contributed by atoms with Crippen LogP contribution in [0.1, 0.15) is 6.92 Å². The number of hydrogen-bond acceptors (Lipinski definition) is 5. The maximum atomic E-state index is 8.97. The Bertz CT molecular complexity index is 105. The zero-order chi connectivity index (χ0) is 9.02. The highest BCUT2D eigenvalue weighted by atomic mass is 16.6. The molecule has 0 saturated carbocycles. The normalized spacial score (nSPS) is 22.4. The standard InChI is InChI=1S/C6H14O5/c1-3(7)4(8)5(9)6(10)11-2/h3-10H,1-2H3/t3-,4-,5?,6?/m1/s1. The molecular weight excluding hydrogens is 152 g/mol. The van der Waals surface area contributed by atoms with E-state index in [2.05, 4.69) is 4.74 Å². The molecule has 5 nitrogen and oxygen atoms in total. The second-order valence-electron chi connectivity index (χ2n) is 2.35. The summed E-state index contributed by atoms with van der Waals surface area (Å²) in [7, 11) is 1.18. The van der Waals surface area contributed by atoms with E-state index >= 15 is 0 Å². The Balaban J connectivity index is 3.90. The molecule has 0 aliphatic carbocycles. The van der Waals surface area contributed by atoms with E-state index in [-0.39, 0.29) is 0 Å². The first kappa shape index (κ1) is 10.8. The summed E-state index contributed by atoms with van der Waals surface area (Å²) in [5.41, 5.74) is 0. The quantitative estimate of drug-likeness (QED) is 0.365. The molecule has 4 N–H and O–H groups in total. The van der Waals surface area contributed by atoms with Gasteiger partial charge >= 0.3 is 0 Å². The van der Waals surface area contributed by atoms with Crippen molar-refractivity contribution in [1.82, 2.24) is 0 Å². The van der Waals surface area contributed by atoms with Crippen LogP contribution in [0.3, 0.4) is 0 Å². The van der Waals surface area contributed by atoms with Gasteiger partial charge in [-0.2, -0.15) is 0 Å². The third-order valence-electron chi connectivity index (χ3n) is 1.38. The van der Waals surface area contributed by atoms with Gasteiger partial charge in [0.05, 0.1) is 6.10 Å². The second kappa shape index (κ2) is 4.63. The van der Waals surface area contributed by atoms with E-state index in [9.17, 15) is 0 Å². The van der Waals surface area contributed by atoms with Crippen LogP contribution in [0, 0.1) is 0 Å². The molecule has 0 fully saturated rings. The zero-order valence-electron chi connectivity index (χ0n) is 6.51. The Labute approximate surface area is 64.9 Å². The van der Waals surface area contributed by atoms with Crippen LogP contribution in [0.15, 0.2) is 0 Å². The van der Waals surface area contributed by atoms with E-state index in [0.29, 0.717) is 0 Å². The maximum Gasteiger partial charge on any atom is 0.183 e. The fourth-order valence-electron chi connectivity index (χ4n) is 0.593. The summed E-state index contributed by atoms with van der Waals surface area (Å²) in [4.78, 5) is 0. The number of aliphatic hydroxyl groups excluding tert-OH is 4. The fraction of sp³-hybridized carbons (Fsp3) is 1.00. The van der Waals surface area contributed by atoms with Gasteiger partial charge in [-0.05, 0) is 6.92 Å². The summed E-state index contributed by atoms with van der Waals surface area (Å²) in [5, 5.41) is 35.5. The van der Waals surface area contributed by atoms with Gasteiger partial charge in [0.2, 0.25) is 0 Å². The fourth-order valence-corrected chi connectivity index (χ4v) is 0.593. The third-order valence-corrected chi connectivity index (χ3v) is 1.38. The van der Waals surface area contributed by atoms with Crippen LogP contribution in [-0.2, 0) is 4.74 Å². The minimum absolute atomic E-state index is 1.10. The van der Waals surface area contributed by atoms with E-state index in [0.717, 1.165) is 0 Å². The summed E-state index contributed by atoms with van der Waals surface area (Å²) < 4.78 is 4.32. The third kappa shape index (κ3) is 3.13. The van der Waals surface area contributed by atoms with Gasteiger partial charge in [-0.1, -0.05) is 0 Å². The summed E-state index contributed by atoms with van der Waals surface area (Å²) in [5.74, 6) is 0. The van der Waals surface area contributed by atoms with Crippen LogP contribution in [0.5, 0.6) is 0 Å². The van der Waals surface area contributed by atoms with Gasteiger partial charge < -0.3 is 25.2 Å². The monoisotopic (exact) mass is 166 g/mol. The minimum Gasteiger partial charge on any atom is -0.391 e. The van der Waals surface area contributed by atoms with Crippen molar-refractivity contribution in [2.45, 2.75) is 31.5 Å². The molecule has 4 atom stereocenters. The van der Waals surface area contributed by atoms with Crippen molar-refractivity contribution in [2.75, 3.05) is 7.11 Å². The SMILES string of the molecule is COC(O)C(O)[C@H](O)[C@@H](C)O. The highest BCUT2D eigenvalue weighted by Gasteiger charge is 2.27. The molecule has 0 amide bonds. The number of hydrogen-bond donors (Lipinski definition) is 4. The molecule has 0 bridgehead atoms. The van der Waals surface area contributed by atoms with Crippen molar-refractivity contribution >= 4 is 0 Å². The zero-order valence-corrected chi connectivity index (χ0v) is 6.51. The Hall–Kier alpha value is -0.200. The Kier molecular flexibility index (Phi) is 4.55. The van der Waals surface area contributed by atoms with Crippen molar-refractivity contribution in [3.05, 3.63) is 0 Å². The van der Waals surface area contributed by atoms with Gasteiger partial charge in [-0.15, -0.1) is 0 Å². The van der Waals surface area contributed by atoms with Gasteiger partial charge in [-0.3, -0.25) is 0 Å². The topological polar surface area (TPSA) is 90.2 Å². The predicted octanol–water partition coefficient (Wildman–Crippen LogP) is -1.95. The number of rotatable bonds is 4. The molecule has 0 spiro atoms. The molecule has 0 aliphatic rings. The smallest absolute Gasteiger partial charge is 0.183 e. The number of ether oxygens (including phenoxy) is 1. The molecule has 68 valence electrons. The first-order chi connectivity index (χ1) is 5.00. The van der Waals surface area contributed by atoms with Crippen molar-refractivity contribution in [3.63, 3.8) is 0 Å². The predicted molar refractivity (Wildman–Crippen MR) is 36.7 cm³/mol. The molecule has 0 aliphatic heterocycles. The van der Waals surface area contributed by atoms with Crippen LogP contribution in [0.4, 0.5) is 0 Å². The van der Waals surface area contributed by atoms with Gasteiger partial charge in [0.25, 0.3) is 0 Å². The summed E-state index contributed by atoms with van der Waals surface area (Å²) >= 11 is 0. The van der Waals surface area contributed by atoms with Gasteiger partial charge in [0, 0.05) is 7.11 Å². The van der Waals surface area contributed by atoms with E-state index in [4.69, 9.17) is 20.4 Å². The maximum absolute atomic E-state index is 8.97. The van der Waals surface area contributed by atoms with E-state index in [1.165, 1.54) is 14.0 Å². The largest absolute Gasteiger partial charge is 0.391 e. The highest BCUT2D eigenvalue weighted by Crippen LogP contribution is 2.04. The van der Waals surface area contributed by atoms with E-state index < -0.39 is 24.6 Å².